The predicted octanol–water partition coefficient (Wildman–Crippen LogP) is 3.44. The van der Waals surface area contributed by atoms with Crippen LogP contribution in [0.25, 0.3) is 6.08 Å². The second kappa shape index (κ2) is 9.64. The lowest BCUT2D eigenvalue weighted by atomic mass is 10.2. The molecule has 132 valence electrons. The summed E-state index contributed by atoms with van der Waals surface area (Å²) in [7, 11) is 1.57. The molecule has 0 spiro atoms. The van der Waals surface area contributed by atoms with Gasteiger partial charge in [0.25, 0.3) is 11.8 Å². The van der Waals surface area contributed by atoms with Crippen LogP contribution in [0, 0.1) is 0 Å². The highest BCUT2D eigenvalue weighted by Gasteiger charge is 2.14. The minimum Gasteiger partial charge on any atom is -0.497 e. The van der Waals surface area contributed by atoms with E-state index in [4.69, 9.17) is 4.74 Å². The quantitative estimate of drug-likeness (QED) is 0.561. The van der Waals surface area contributed by atoms with Crippen molar-refractivity contribution >= 4 is 29.2 Å². The Hall–Kier alpha value is -2.60. The molecular formula is C19H22N2O3S. The van der Waals surface area contributed by atoms with Crippen LogP contribution in [-0.4, -0.2) is 25.5 Å². The number of ether oxygens (including phenoxy) is 1. The van der Waals surface area contributed by atoms with E-state index in [0.717, 1.165) is 17.7 Å². The van der Waals surface area contributed by atoms with E-state index in [2.05, 4.69) is 17.6 Å². The van der Waals surface area contributed by atoms with Crippen molar-refractivity contribution in [3.63, 3.8) is 0 Å². The van der Waals surface area contributed by atoms with Crippen molar-refractivity contribution in [1.82, 2.24) is 10.6 Å². The molecule has 1 aromatic carbocycles. The zero-order valence-corrected chi connectivity index (χ0v) is 15.2. The highest BCUT2D eigenvalue weighted by atomic mass is 32.1. The zero-order valence-electron chi connectivity index (χ0n) is 14.4. The first-order chi connectivity index (χ1) is 12.1. The zero-order chi connectivity index (χ0) is 18.1. The molecule has 0 saturated carbocycles. The van der Waals surface area contributed by atoms with Gasteiger partial charge in [-0.25, -0.2) is 0 Å². The van der Waals surface area contributed by atoms with Crippen LogP contribution in [0.4, 0.5) is 0 Å². The Bertz CT molecular complexity index is 722. The van der Waals surface area contributed by atoms with Crippen LogP contribution >= 0.6 is 11.3 Å². The summed E-state index contributed by atoms with van der Waals surface area (Å²) >= 11 is 1.50. The minimum atomic E-state index is -0.337. The van der Waals surface area contributed by atoms with Gasteiger partial charge < -0.3 is 15.4 Å². The highest BCUT2D eigenvalue weighted by molar-refractivity contribution is 7.10. The summed E-state index contributed by atoms with van der Waals surface area (Å²) < 4.78 is 5.09. The number of carbonyl (C=O) groups is 2. The van der Waals surface area contributed by atoms with Crippen molar-refractivity contribution in [3.05, 3.63) is 57.9 Å². The fraction of sp³-hybridized carbons (Fsp3) is 0.263. The summed E-state index contributed by atoms with van der Waals surface area (Å²) in [6, 6.07) is 10.5. The van der Waals surface area contributed by atoms with Crippen molar-refractivity contribution in [1.29, 1.82) is 0 Å². The lowest BCUT2D eigenvalue weighted by molar-refractivity contribution is -0.117. The Balaban J connectivity index is 2.14. The number of unbranched alkanes of at least 4 members (excludes halogenated alkanes) is 1. The molecule has 25 heavy (non-hydrogen) atoms. The third-order valence-corrected chi connectivity index (χ3v) is 4.31. The van der Waals surface area contributed by atoms with Crippen LogP contribution in [0.5, 0.6) is 5.75 Å². The summed E-state index contributed by atoms with van der Waals surface area (Å²) in [4.78, 5) is 25.7. The third-order valence-electron chi connectivity index (χ3n) is 3.49. The average molecular weight is 358 g/mol. The second-order valence-electron chi connectivity index (χ2n) is 5.37. The van der Waals surface area contributed by atoms with E-state index < -0.39 is 0 Å². The Morgan fingerprint density at radius 3 is 2.56 bits per heavy atom. The lowest BCUT2D eigenvalue weighted by Crippen LogP contribution is -2.35. The van der Waals surface area contributed by atoms with Crippen molar-refractivity contribution in [2.24, 2.45) is 0 Å². The number of thiophene rings is 1. The first kappa shape index (κ1) is 18.7. The molecule has 2 rings (SSSR count). The molecule has 2 aromatic rings. The van der Waals surface area contributed by atoms with Crippen LogP contribution < -0.4 is 15.4 Å². The number of hydrogen-bond acceptors (Lipinski definition) is 4. The fourth-order valence-electron chi connectivity index (χ4n) is 2.08. The predicted molar refractivity (Wildman–Crippen MR) is 101 cm³/mol. The maximum Gasteiger partial charge on any atom is 0.267 e. The Morgan fingerprint density at radius 2 is 1.96 bits per heavy atom. The van der Waals surface area contributed by atoms with Gasteiger partial charge in [-0.2, -0.15) is 0 Å². The molecular weight excluding hydrogens is 336 g/mol. The number of amides is 2. The van der Waals surface area contributed by atoms with Gasteiger partial charge in [-0.05, 0) is 48.2 Å². The van der Waals surface area contributed by atoms with E-state index in [-0.39, 0.29) is 17.5 Å². The Kier molecular flexibility index (Phi) is 7.22. The van der Waals surface area contributed by atoms with Gasteiger partial charge in [-0.3, -0.25) is 9.59 Å². The van der Waals surface area contributed by atoms with Gasteiger partial charge >= 0.3 is 0 Å². The van der Waals surface area contributed by atoms with Crippen molar-refractivity contribution in [2.45, 2.75) is 19.8 Å². The molecule has 0 unspecified atom stereocenters. The van der Waals surface area contributed by atoms with Crippen LogP contribution in [0.3, 0.4) is 0 Å². The number of nitrogens with one attached hydrogen (secondary N) is 2. The third kappa shape index (κ3) is 5.76. The summed E-state index contributed by atoms with van der Waals surface area (Å²) in [6.45, 7) is 2.63. The van der Waals surface area contributed by atoms with Crippen LogP contribution in [-0.2, 0) is 4.79 Å². The van der Waals surface area contributed by atoms with Gasteiger partial charge in [0, 0.05) is 17.0 Å². The van der Waals surface area contributed by atoms with E-state index in [1.54, 1.807) is 37.5 Å². The summed E-state index contributed by atoms with van der Waals surface area (Å²) in [5.41, 5.74) is 0.693. The van der Waals surface area contributed by atoms with E-state index in [1.165, 1.54) is 11.3 Å². The Labute approximate surface area is 151 Å². The van der Waals surface area contributed by atoms with E-state index in [9.17, 15) is 9.59 Å². The summed E-state index contributed by atoms with van der Waals surface area (Å²) in [5.74, 6) is 0.0445. The van der Waals surface area contributed by atoms with Crippen LogP contribution in [0.15, 0.2) is 47.5 Å². The number of hydrogen-bond donors (Lipinski definition) is 2. The van der Waals surface area contributed by atoms with Crippen molar-refractivity contribution in [3.8, 4) is 5.75 Å². The molecule has 0 radical (unpaired) electrons. The second-order valence-corrected chi connectivity index (χ2v) is 6.34. The van der Waals surface area contributed by atoms with E-state index >= 15 is 0 Å². The molecule has 1 aromatic heterocycles. The van der Waals surface area contributed by atoms with Gasteiger partial charge in [0.2, 0.25) is 0 Å². The van der Waals surface area contributed by atoms with Crippen LogP contribution in [0.1, 0.15) is 35.0 Å². The first-order valence-corrected chi connectivity index (χ1v) is 9.00. The number of carbonyl (C=O) groups excluding carboxylic acids is 2. The van der Waals surface area contributed by atoms with E-state index in [1.807, 2.05) is 17.5 Å². The highest BCUT2D eigenvalue weighted by Crippen LogP contribution is 2.14. The van der Waals surface area contributed by atoms with Gasteiger partial charge in [0.05, 0.1) is 7.11 Å². The molecule has 0 aliphatic rings. The molecule has 0 fully saturated rings. The maximum absolute atomic E-state index is 12.4. The maximum atomic E-state index is 12.4. The molecule has 0 bridgehead atoms. The van der Waals surface area contributed by atoms with Crippen molar-refractivity contribution in [2.75, 3.05) is 13.7 Å². The normalized spacial score (nSPS) is 11.0. The molecule has 6 heteroatoms. The number of methoxy groups -OCH3 is 1. The van der Waals surface area contributed by atoms with Gasteiger partial charge in [0.1, 0.15) is 11.4 Å². The molecule has 0 saturated heterocycles. The summed E-state index contributed by atoms with van der Waals surface area (Å²) in [5, 5.41) is 7.47. The molecule has 0 atom stereocenters. The largest absolute Gasteiger partial charge is 0.497 e. The lowest BCUT2D eigenvalue weighted by Gasteiger charge is -2.11. The standard InChI is InChI=1S/C19H22N2O3S/c1-3-4-11-20-19(23)17(13-16-6-5-12-25-16)21-18(22)14-7-9-15(24-2)10-8-14/h5-10,12-13H,3-4,11H2,1-2H3,(H,20,23)(H,21,22)/b17-13-. The molecule has 2 N–H and O–H groups in total. The smallest absolute Gasteiger partial charge is 0.267 e. The van der Waals surface area contributed by atoms with Crippen molar-refractivity contribution < 1.29 is 14.3 Å². The van der Waals surface area contributed by atoms with Crippen LogP contribution in [0.2, 0.25) is 0 Å². The first-order valence-electron chi connectivity index (χ1n) is 8.13. The van der Waals surface area contributed by atoms with Gasteiger partial charge in [-0.15, -0.1) is 11.3 Å². The molecule has 1 heterocycles. The minimum absolute atomic E-state index is 0.236. The SMILES string of the molecule is CCCCNC(=O)/C(=C/c1cccs1)NC(=O)c1ccc(OC)cc1. The van der Waals surface area contributed by atoms with Gasteiger partial charge in [-0.1, -0.05) is 19.4 Å². The Morgan fingerprint density at radius 1 is 1.20 bits per heavy atom. The number of benzene rings is 1. The topological polar surface area (TPSA) is 67.4 Å². The molecule has 0 aliphatic carbocycles. The molecule has 2 amide bonds. The van der Waals surface area contributed by atoms with Gasteiger partial charge in [0.15, 0.2) is 0 Å². The fourth-order valence-corrected chi connectivity index (χ4v) is 2.74. The summed E-state index contributed by atoms with van der Waals surface area (Å²) in [6.07, 6.45) is 3.57. The van der Waals surface area contributed by atoms with E-state index in [0.29, 0.717) is 17.9 Å². The average Bonchev–Trinajstić information content (AvgIpc) is 3.14. The molecule has 5 nitrogen and oxygen atoms in total. The molecule has 0 aliphatic heterocycles. The monoisotopic (exact) mass is 358 g/mol. The number of rotatable bonds is 8.